The molecule has 0 fully saturated rings. The van der Waals surface area contributed by atoms with E-state index in [4.69, 9.17) is 27.3 Å². The van der Waals surface area contributed by atoms with Crippen molar-refractivity contribution in [3.05, 3.63) is 71.0 Å². The van der Waals surface area contributed by atoms with E-state index in [9.17, 15) is 9.59 Å². The summed E-state index contributed by atoms with van der Waals surface area (Å²) in [4.78, 5) is 27.2. The molecule has 1 aliphatic heterocycles. The monoisotopic (exact) mass is 688 g/mol. The molecule has 1 aliphatic rings. The smallest absolute Gasteiger partial charge is 0.220 e. The Morgan fingerprint density at radius 3 is 2.36 bits per heavy atom. The Hall–Kier alpha value is -2.38. The Labute approximate surface area is 288 Å². The maximum atomic E-state index is 10.9. The third-order valence-electron chi connectivity index (χ3n) is 6.44. The van der Waals surface area contributed by atoms with Gasteiger partial charge in [0.2, 0.25) is 5.91 Å². The number of hydrogen-bond donors (Lipinski definition) is 4. The molecule has 243 valence electrons. The number of carbonyl (C=O) groups excluding carboxylic acids is 2. The van der Waals surface area contributed by atoms with Crippen LogP contribution in [0.25, 0.3) is 17.1 Å². The van der Waals surface area contributed by atoms with Crippen molar-refractivity contribution in [2.24, 2.45) is 11.6 Å². The maximum Gasteiger partial charge on any atom is 0.220 e. The molecule has 44 heavy (non-hydrogen) atoms. The number of benzene rings is 2. The van der Waals surface area contributed by atoms with Gasteiger partial charge in [0.05, 0.1) is 24.5 Å². The van der Waals surface area contributed by atoms with E-state index in [2.05, 4.69) is 28.1 Å². The number of ether oxygens (including phenoxy) is 1. The quantitative estimate of drug-likeness (QED) is 0.0675. The predicted molar refractivity (Wildman–Crippen MR) is 174 cm³/mol. The van der Waals surface area contributed by atoms with E-state index in [-0.39, 0.29) is 51.6 Å². The van der Waals surface area contributed by atoms with Crippen LogP contribution in [0.2, 0.25) is 0 Å². The van der Waals surface area contributed by atoms with E-state index < -0.39 is 0 Å². The summed E-state index contributed by atoms with van der Waals surface area (Å²) in [5.41, 5.74) is 18.7. The van der Waals surface area contributed by atoms with E-state index >= 15 is 0 Å². The van der Waals surface area contributed by atoms with E-state index in [1.165, 1.54) is 17.9 Å². The van der Waals surface area contributed by atoms with Crippen molar-refractivity contribution in [2.75, 3.05) is 51.4 Å². The number of nitrogens with one attached hydrogen (secondary N) is 2. The fourth-order valence-corrected chi connectivity index (χ4v) is 4.26. The molecule has 0 aromatic heterocycles. The molecule has 0 aliphatic carbocycles. The number of unbranched alkanes of at least 4 members (excludes halogenated alkanes) is 2. The number of aldehydes is 1. The van der Waals surface area contributed by atoms with Gasteiger partial charge in [-0.1, -0.05) is 75.6 Å². The summed E-state index contributed by atoms with van der Waals surface area (Å²) in [7, 11) is 2.05. The largest absolute Gasteiger partial charge is 0.677 e. The van der Waals surface area contributed by atoms with Gasteiger partial charge in [-0.05, 0) is 18.1 Å². The van der Waals surface area contributed by atoms with Crippen molar-refractivity contribution in [1.29, 1.82) is 0 Å². The first-order valence-electron chi connectivity index (χ1n) is 15.0. The zero-order chi connectivity index (χ0) is 31.9. The Balaban J connectivity index is 0.000000782. The summed E-state index contributed by atoms with van der Waals surface area (Å²) in [5.74, 6) is 6.15. The van der Waals surface area contributed by atoms with Crippen molar-refractivity contribution in [2.45, 2.75) is 58.9 Å². The summed E-state index contributed by atoms with van der Waals surface area (Å²) in [6.45, 7) is 7.74. The molecule has 0 saturated heterocycles. The van der Waals surface area contributed by atoms with Crippen molar-refractivity contribution in [3.8, 4) is 0 Å². The number of rotatable bonds is 15. The van der Waals surface area contributed by atoms with E-state index in [1.807, 2.05) is 56.4 Å². The van der Waals surface area contributed by atoms with Crippen LogP contribution in [0.4, 0.5) is 5.69 Å². The summed E-state index contributed by atoms with van der Waals surface area (Å²) in [6, 6.07) is 16.1. The summed E-state index contributed by atoms with van der Waals surface area (Å²) in [6.07, 6.45) is 5.84. The Morgan fingerprint density at radius 1 is 1.07 bits per heavy atom. The van der Waals surface area contributed by atoms with Gasteiger partial charge in [-0.2, -0.15) is 6.54 Å². The minimum absolute atomic E-state index is 0. The molecule has 2 aromatic rings. The fourth-order valence-electron chi connectivity index (χ4n) is 4.26. The Morgan fingerprint density at radius 2 is 1.75 bits per heavy atom. The molecular formula is C32H51N6O5Y-. The van der Waals surface area contributed by atoms with Gasteiger partial charge in [0.15, 0.2) is 0 Å². The molecule has 1 radical (unpaired) electrons. The number of nitrogens with zero attached hydrogens (tertiary/aromatic N) is 2. The molecule has 3 rings (SSSR count). The number of para-hydroxylation sites is 1. The van der Waals surface area contributed by atoms with Crippen molar-refractivity contribution < 1.29 is 57.2 Å². The summed E-state index contributed by atoms with van der Waals surface area (Å²) < 4.78 is 5.15. The van der Waals surface area contributed by atoms with Crippen molar-refractivity contribution in [3.63, 3.8) is 0 Å². The van der Waals surface area contributed by atoms with Gasteiger partial charge < -0.3 is 36.2 Å². The summed E-state index contributed by atoms with van der Waals surface area (Å²) >= 11 is 0. The topological polar surface area (TPSA) is 167 Å². The first-order chi connectivity index (χ1) is 20.9. The molecule has 0 spiro atoms. The van der Waals surface area contributed by atoms with Crippen LogP contribution in [-0.4, -0.2) is 69.0 Å². The zero-order valence-corrected chi connectivity index (χ0v) is 29.4. The third-order valence-corrected chi connectivity index (χ3v) is 6.44. The molecular weight excluding hydrogens is 637 g/mol. The number of nitrogens with two attached hydrogens (primary N) is 2. The van der Waals surface area contributed by atoms with Crippen LogP contribution < -0.4 is 21.8 Å². The van der Waals surface area contributed by atoms with Crippen LogP contribution in [0.5, 0.6) is 0 Å². The third kappa shape index (κ3) is 15.6. The van der Waals surface area contributed by atoms with Gasteiger partial charge in [-0.15, -0.1) is 0 Å². The van der Waals surface area contributed by atoms with E-state index in [0.717, 1.165) is 60.4 Å². The average molecular weight is 689 g/mol. The maximum absolute atomic E-state index is 10.9. The molecule has 0 bridgehead atoms. The van der Waals surface area contributed by atoms with Crippen LogP contribution in [0, 0.1) is 0 Å². The number of hydrogen-bond acceptors (Lipinski definition) is 9. The second-order valence-corrected chi connectivity index (χ2v) is 9.94. The molecule has 2 aromatic carbocycles. The standard InChI is InChI=1S/C18H22N4O2.C9H17NO3.C5H12N.Y/c1-21-12-13-6-2-3-7-14(13)18(22(20)10-11-24-23)17(19)15-8-4-5-9-16(15)21;1-2-7-13-8-5-10-9(12)4-3-6-11;1-2-3-4-5-6;/h2-9,23H,10-12,19-20H2,1H3;6H,2-5,7-8H2,1H3,(H,10,12);6H,2-5H2,1H3;/q;;-1;/b18-17-;;;. The fraction of sp³-hybridized carbons (Fsp3) is 0.500. The molecule has 0 saturated carbocycles. The van der Waals surface area contributed by atoms with Gasteiger partial charge in [0.25, 0.3) is 0 Å². The number of hydrazine groups is 1. The zero-order valence-electron chi connectivity index (χ0n) is 26.6. The first-order valence-corrected chi connectivity index (χ1v) is 15.0. The van der Waals surface area contributed by atoms with Crippen molar-refractivity contribution in [1.82, 2.24) is 10.3 Å². The summed E-state index contributed by atoms with van der Waals surface area (Å²) in [5, 5.41) is 12.8. The van der Waals surface area contributed by atoms with Gasteiger partial charge in [-0.3, -0.25) is 10.1 Å². The SMILES string of the molecule is CCCCC[NH-].CCCOCCNC(=O)CCC=O.CN1Cc2ccccc2/C(N(N)CCOO)=C(/N)c2ccccc21.[Y]. The molecule has 0 unspecified atom stereocenters. The predicted octanol–water partition coefficient (Wildman–Crippen LogP) is 4.82. The number of amides is 1. The molecule has 12 heteroatoms. The van der Waals surface area contributed by atoms with Crippen LogP contribution in [0.1, 0.15) is 69.1 Å². The Bertz CT molecular complexity index is 1100. The average Bonchev–Trinajstić information content (AvgIpc) is 3.02. The van der Waals surface area contributed by atoms with Crippen LogP contribution >= 0.6 is 0 Å². The normalized spacial score (nSPS) is 13.3. The van der Waals surface area contributed by atoms with E-state index in [1.54, 1.807) is 0 Å². The molecule has 1 heterocycles. The minimum atomic E-state index is -0.0906. The van der Waals surface area contributed by atoms with Crippen LogP contribution in [0.3, 0.4) is 0 Å². The van der Waals surface area contributed by atoms with Crippen LogP contribution in [0.15, 0.2) is 48.5 Å². The second kappa shape index (κ2) is 25.9. The molecule has 1 amide bonds. The van der Waals surface area contributed by atoms with Crippen molar-refractivity contribution >= 4 is 29.3 Å². The van der Waals surface area contributed by atoms with Gasteiger partial charge in [0, 0.05) is 89.1 Å². The minimum Gasteiger partial charge on any atom is -0.677 e. The number of carbonyl (C=O) groups is 2. The van der Waals surface area contributed by atoms with E-state index in [0.29, 0.717) is 38.4 Å². The van der Waals surface area contributed by atoms with Gasteiger partial charge in [-0.25, -0.2) is 10.7 Å². The van der Waals surface area contributed by atoms with Gasteiger partial charge >= 0.3 is 0 Å². The molecule has 7 N–H and O–H groups in total. The second-order valence-electron chi connectivity index (χ2n) is 9.94. The molecule has 11 nitrogen and oxygen atoms in total. The first kappa shape index (κ1) is 41.6. The number of anilines is 1. The Kier molecular flexibility index (Phi) is 24.5. The molecule has 0 atom stereocenters. The number of fused-ring (bicyclic) bond motifs is 2. The van der Waals surface area contributed by atoms with Gasteiger partial charge in [0.1, 0.15) is 12.9 Å². The van der Waals surface area contributed by atoms with Crippen LogP contribution in [-0.2, 0) is 58.5 Å².